The summed E-state index contributed by atoms with van der Waals surface area (Å²) in [5, 5.41) is 0.618. The topological polar surface area (TPSA) is 100 Å². The van der Waals surface area contributed by atoms with Gasteiger partial charge >= 0.3 is 0 Å². The number of benzene rings is 1. The number of fused-ring (bicyclic) bond motifs is 1. The van der Waals surface area contributed by atoms with Gasteiger partial charge in [-0.2, -0.15) is 4.98 Å². The Morgan fingerprint density at radius 1 is 1.21 bits per heavy atom. The van der Waals surface area contributed by atoms with Crippen molar-refractivity contribution in [3.05, 3.63) is 40.2 Å². The van der Waals surface area contributed by atoms with Crippen LogP contribution in [0, 0.1) is 6.92 Å². The molecule has 2 heterocycles. The van der Waals surface area contributed by atoms with Crippen molar-refractivity contribution >= 4 is 28.9 Å². The maximum absolute atomic E-state index is 11.7. The van der Waals surface area contributed by atoms with Crippen molar-refractivity contribution in [2.45, 2.75) is 17.0 Å². The normalized spacial score (nSPS) is 11.0. The lowest BCUT2D eigenvalue weighted by Gasteiger charge is -2.01. The average molecular weight is 273 g/mol. The van der Waals surface area contributed by atoms with E-state index in [0.717, 1.165) is 10.5 Å². The van der Waals surface area contributed by atoms with Crippen LogP contribution in [0.4, 0.5) is 5.95 Å². The predicted octanol–water partition coefficient (Wildman–Crippen LogP) is 1.69. The molecule has 3 aromatic rings. The van der Waals surface area contributed by atoms with Gasteiger partial charge in [-0.25, -0.2) is 4.98 Å². The second kappa shape index (κ2) is 4.43. The Labute approximate surface area is 112 Å². The number of hydrogen-bond acceptors (Lipinski definition) is 5. The molecule has 3 rings (SSSR count). The Morgan fingerprint density at radius 3 is 2.79 bits per heavy atom. The van der Waals surface area contributed by atoms with Gasteiger partial charge in [-0.1, -0.05) is 30.0 Å². The standard InChI is InChI=1S/C12H11N5OS/c1-6-4-2-3-5-7(6)19-12-14-8-9(16-12)15-11(13)17-10(8)18/h2-5H,1H3,(H4,13,14,15,16,17,18). The van der Waals surface area contributed by atoms with Gasteiger partial charge in [0.2, 0.25) is 5.95 Å². The number of imidazole rings is 1. The molecule has 7 heteroatoms. The Kier molecular flexibility index (Phi) is 2.75. The lowest BCUT2D eigenvalue weighted by molar-refractivity contribution is 1.07. The SMILES string of the molecule is Cc1ccccc1Sc1nc2nc(N)[nH]c(=O)c2[nH]1. The molecule has 0 fully saturated rings. The molecular formula is C12H11N5OS. The fourth-order valence-corrected chi connectivity index (χ4v) is 2.60. The molecule has 0 atom stereocenters. The van der Waals surface area contributed by atoms with Gasteiger partial charge in [0.25, 0.3) is 5.56 Å². The number of H-pyrrole nitrogens is 2. The van der Waals surface area contributed by atoms with Crippen LogP contribution < -0.4 is 11.3 Å². The Bertz CT molecular complexity index is 807. The number of nitrogen functional groups attached to an aromatic ring is 1. The van der Waals surface area contributed by atoms with Crippen LogP contribution in [0.5, 0.6) is 0 Å². The molecule has 0 unspecified atom stereocenters. The molecule has 0 saturated carbocycles. The van der Waals surface area contributed by atoms with Gasteiger partial charge in [0, 0.05) is 4.90 Å². The second-order valence-corrected chi connectivity index (χ2v) is 5.09. The zero-order valence-corrected chi connectivity index (χ0v) is 10.9. The van der Waals surface area contributed by atoms with Crippen LogP contribution in [0.25, 0.3) is 11.2 Å². The molecule has 0 amide bonds. The van der Waals surface area contributed by atoms with Gasteiger partial charge < -0.3 is 10.7 Å². The van der Waals surface area contributed by atoms with Crippen LogP contribution in [-0.4, -0.2) is 19.9 Å². The molecule has 4 N–H and O–H groups in total. The molecule has 0 bridgehead atoms. The summed E-state index contributed by atoms with van der Waals surface area (Å²) >= 11 is 1.45. The number of aryl methyl sites for hydroxylation is 1. The molecule has 0 aliphatic rings. The first-order valence-electron chi connectivity index (χ1n) is 5.62. The molecule has 1 aromatic carbocycles. The summed E-state index contributed by atoms with van der Waals surface area (Å²) in [5.74, 6) is 0.0661. The molecule has 6 nitrogen and oxygen atoms in total. The van der Waals surface area contributed by atoms with Gasteiger partial charge in [-0.3, -0.25) is 9.78 Å². The molecule has 0 aliphatic heterocycles. The van der Waals surface area contributed by atoms with Crippen LogP contribution in [0.3, 0.4) is 0 Å². The van der Waals surface area contributed by atoms with Gasteiger partial charge in [-0.15, -0.1) is 0 Å². The number of hydrogen-bond donors (Lipinski definition) is 3. The highest BCUT2D eigenvalue weighted by Crippen LogP contribution is 2.28. The van der Waals surface area contributed by atoms with E-state index in [2.05, 4.69) is 19.9 Å². The van der Waals surface area contributed by atoms with E-state index in [1.54, 1.807) is 0 Å². The van der Waals surface area contributed by atoms with Crippen LogP contribution in [0.2, 0.25) is 0 Å². The van der Waals surface area contributed by atoms with E-state index in [0.29, 0.717) is 16.3 Å². The molecule has 0 aliphatic carbocycles. The number of nitrogens with zero attached hydrogens (tertiary/aromatic N) is 2. The van der Waals surface area contributed by atoms with Gasteiger partial charge in [0.15, 0.2) is 16.3 Å². The smallest absolute Gasteiger partial charge is 0.278 e. The number of aromatic amines is 2. The number of aromatic nitrogens is 4. The first-order valence-corrected chi connectivity index (χ1v) is 6.44. The zero-order valence-electron chi connectivity index (χ0n) is 10.1. The quantitative estimate of drug-likeness (QED) is 0.659. The highest BCUT2D eigenvalue weighted by molar-refractivity contribution is 7.99. The third kappa shape index (κ3) is 2.19. The first kappa shape index (κ1) is 11.8. The summed E-state index contributed by atoms with van der Waals surface area (Å²) < 4.78 is 0. The molecular weight excluding hydrogens is 262 g/mol. The second-order valence-electron chi connectivity index (χ2n) is 4.06. The van der Waals surface area contributed by atoms with Gasteiger partial charge in [0.1, 0.15) is 0 Å². The summed E-state index contributed by atoms with van der Waals surface area (Å²) in [6, 6.07) is 7.96. The third-order valence-corrected chi connectivity index (χ3v) is 3.72. The predicted molar refractivity (Wildman–Crippen MR) is 74.2 cm³/mol. The summed E-state index contributed by atoms with van der Waals surface area (Å²) in [6.45, 7) is 2.02. The lowest BCUT2D eigenvalue weighted by atomic mass is 10.2. The van der Waals surface area contributed by atoms with E-state index in [-0.39, 0.29) is 11.5 Å². The van der Waals surface area contributed by atoms with Crippen molar-refractivity contribution in [1.82, 2.24) is 19.9 Å². The number of nitrogens with one attached hydrogen (secondary N) is 2. The minimum Gasteiger partial charge on any atom is -0.369 e. The molecule has 96 valence electrons. The van der Waals surface area contributed by atoms with Crippen molar-refractivity contribution in [1.29, 1.82) is 0 Å². The fourth-order valence-electron chi connectivity index (χ4n) is 1.73. The average Bonchev–Trinajstić information content (AvgIpc) is 2.75. The maximum atomic E-state index is 11.7. The summed E-state index contributed by atoms with van der Waals surface area (Å²) in [7, 11) is 0. The van der Waals surface area contributed by atoms with E-state index in [4.69, 9.17) is 5.73 Å². The first-order chi connectivity index (χ1) is 9.13. The largest absolute Gasteiger partial charge is 0.369 e. The Hall–Kier alpha value is -2.28. The summed E-state index contributed by atoms with van der Waals surface area (Å²) in [4.78, 5) is 26.4. The van der Waals surface area contributed by atoms with Crippen LogP contribution >= 0.6 is 11.8 Å². The van der Waals surface area contributed by atoms with Crippen LogP contribution in [0.15, 0.2) is 39.1 Å². The Morgan fingerprint density at radius 2 is 2.00 bits per heavy atom. The van der Waals surface area contributed by atoms with E-state index >= 15 is 0 Å². The van der Waals surface area contributed by atoms with E-state index < -0.39 is 0 Å². The highest BCUT2D eigenvalue weighted by Gasteiger charge is 2.10. The number of anilines is 1. The molecule has 19 heavy (non-hydrogen) atoms. The van der Waals surface area contributed by atoms with E-state index in [1.165, 1.54) is 11.8 Å². The van der Waals surface area contributed by atoms with Crippen molar-refractivity contribution in [3.8, 4) is 0 Å². The highest BCUT2D eigenvalue weighted by atomic mass is 32.2. The van der Waals surface area contributed by atoms with E-state index in [9.17, 15) is 4.79 Å². The van der Waals surface area contributed by atoms with E-state index in [1.807, 2.05) is 31.2 Å². The number of nitrogens with two attached hydrogens (primary N) is 1. The third-order valence-electron chi connectivity index (χ3n) is 2.66. The molecule has 2 aromatic heterocycles. The Balaban J connectivity index is 2.05. The van der Waals surface area contributed by atoms with Gasteiger partial charge in [-0.05, 0) is 18.6 Å². The van der Waals surface area contributed by atoms with Crippen molar-refractivity contribution in [3.63, 3.8) is 0 Å². The molecule has 0 saturated heterocycles. The monoisotopic (exact) mass is 273 g/mol. The van der Waals surface area contributed by atoms with Crippen LogP contribution in [0.1, 0.15) is 5.56 Å². The maximum Gasteiger partial charge on any atom is 0.278 e. The minimum atomic E-state index is -0.313. The summed E-state index contributed by atoms with van der Waals surface area (Å²) in [6.07, 6.45) is 0. The minimum absolute atomic E-state index is 0.0661. The molecule has 0 radical (unpaired) electrons. The fraction of sp³-hybridized carbons (Fsp3) is 0.0833. The zero-order chi connectivity index (χ0) is 13.4. The van der Waals surface area contributed by atoms with Crippen molar-refractivity contribution in [2.24, 2.45) is 0 Å². The van der Waals surface area contributed by atoms with Crippen molar-refractivity contribution < 1.29 is 0 Å². The lowest BCUT2D eigenvalue weighted by Crippen LogP contribution is -2.10. The van der Waals surface area contributed by atoms with Crippen molar-refractivity contribution in [2.75, 3.05) is 5.73 Å². The van der Waals surface area contributed by atoms with Gasteiger partial charge in [0.05, 0.1) is 0 Å². The van der Waals surface area contributed by atoms with Crippen LogP contribution in [-0.2, 0) is 0 Å². The summed E-state index contributed by atoms with van der Waals surface area (Å²) in [5.41, 5.74) is 6.99. The molecule has 0 spiro atoms. The number of rotatable bonds is 2.